The third-order valence-corrected chi connectivity index (χ3v) is 4.22. The van der Waals surface area contributed by atoms with Gasteiger partial charge in [-0.25, -0.2) is 4.39 Å². The number of benzene rings is 1. The number of hydrogen-bond acceptors (Lipinski definition) is 1. The van der Waals surface area contributed by atoms with Gasteiger partial charge in [0.15, 0.2) is 0 Å². The fraction of sp³-hybridized carbons (Fsp3) is 0.571. The molecule has 0 amide bonds. The Morgan fingerprint density at radius 1 is 1.14 bits per heavy atom. The van der Waals surface area contributed by atoms with Crippen molar-refractivity contribution in [2.24, 2.45) is 11.7 Å². The molecule has 0 aromatic heterocycles. The van der Waals surface area contributed by atoms with Crippen molar-refractivity contribution in [1.29, 1.82) is 0 Å². The Morgan fingerprint density at radius 2 is 1.71 bits per heavy atom. The highest BCUT2D eigenvalue weighted by molar-refractivity contribution is 6.30. The van der Waals surface area contributed by atoms with Gasteiger partial charge in [0.1, 0.15) is 5.82 Å². The van der Waals surface area contributed by atoms with Crippen LogP contribution in [0.3, 0.4) is 0 Å². The fourth-order valence-corrected chi connectivity index (χ4v) is 3.03. The molecule has 1 fully saturated rings. The van der Waals surface area contributed by atoms with E-state index in [2.05, 4.69) is 0 Å². The van der Waals surface area contributed by atoms with Gasteiger partial charge in [-0.2, -0.15) is 13.2 Å². The first-order chi connectivity index (χ1) is 9.32. The summed E-state index contributed by atoms with van der Waals surface area (Å²) < 4.78 is 53.2. The van der Waals surface area contributed by atoms with Crippen LogP contribution < -0.4 is 5.73 Å². The van der Waals surface area contributed by atoms with Gasteiger partial charge in [-0.15, -0.1) is 12.4 Å². The topological polar surface area (TPSA) is 26.0 Å². The molecule has 2 N–H and O–H groups in total. The van der Waals surface area contributed by atoms with Crippen LogP contribution >= 0.6 is 24.0 Å². The monoisotopic (exact) mass is 345 g/mol. The molecular weight excluding hydrogens is 329 g/mol. The summed E-state index contributed by atoms with van der Waals surface area (Å²) in [5.74, 6) is -1.17. The van der Waals surface area contributed by atoms with Gasteiger partial charge in [0.25, 0.3) is 0 Å². The van der Waals surface area contributed by atoms with Crippen LogP contribution in [0.5, 0.6) is 0 Å². The van der Waals surface area contributed by atoms with Crippen LogP contribution in [0.25, 0.3) is 0 Å². The predicted octanol–water partition coefficient (Wildman–Crippen LogP) is 5.50. The maximum Gasteiger partial charge on any atom is 0.416 e. The lowest BCUT2D eigenvalue weighted by molar-refractivity contribution is -0.138. The Labute approximate surface area is 132 Å². The molecule has 0 unspecified atom stereocenters. The molecule has 21 heavy (non-hydrogen) atoms. The largest absolute Gasteiger partial charge is 0.416 e. The first kappa shape index (κ1) is 18.5. The molecule has 1 aromatic rings. The summed E-state index contributed by atoms with van der Waals surface area (Å²) in [6.45, 7) is 0. The highest BCUT2D eigenvalue weighted by Gasteiger charge is 2.38. The van der Waals surface area contributed by atoms with E-state index in [0.29, 0.717) is 0 Å². The minimum absolute atomic E-state index is 0. The van der Waals surface area contributed by atoms with Crippen LogP contribution in [0, 0.1) is 11.7 Å². The van der Waals surface area contributed by atoms with Gasteiger partial charge in [0, 0.05) is 11.6 Å². The molecule has 0 spiro atoms. The molecule has 0 aliphatic heterocycles. The molecule has 1 aliphatic carbocycles. The third-order valence-electron chi connectivity index (χ3n) is 3.93. The van der Waals surface area contributed by atoms with E-state index in [1.165, 1.54) is 0 Å². The summed E-state index contributed by atoms with van der Waals surface area (Å²) in [5, 5.41) is -0.320. The van der Waals surface area contributed by atoms with Crippen LogP contribution in [-0.4, -0.2) is 0 Å². The van der Waals surface area contributed by atoms with Crippen LogP contribution in [0.1, 0.15) is 49.3 Å². The quantitative estimate of drug-likeness (QED) is 0.703. The first-order valence-corrected chi connectivity index (χ1v) is 7.01. The van der Waals surface area contributed by atoms with E-state index >= 15 is 0 Å². The zero-order chi connectivity index (χ0) is 14.9. The number of rotatable bonds is 2. The lowest BCUT2D eigenvalue weighted by atomic mass is 9.80. The molecule has 1 nitrogen and oxygen atoms in total. The summed E-state index contributed by atoms with van der Waals surface area (Å²) in [4.78, 5) is 0. The van der Waals surface area contributed by atoms with Crippen molar-refractivity contribution in [2.45, 2.75) is 44.3 Å². The van der Waals surface area contributed by atoms with E-state index in [9.17, 15) is 17.6 Å². The van der Waals surface area contributed by atoms with Gasteiger partial charge in [-0.1, -0.05) is 30.9 Å². The Morgan fingerprint density at radius 3 is 2.24 bits per heavy atom. The minimum atomic E-state index is -4.63. The lowest BCUT2D eigenvalue weighted by Crippen LogP contribution is -2.27. The molecule has 1 aliphatic rings. The zero-order valence-electron chi connectivity index (χ0n) is 11.2. The summed E-state index contributed by atoms with van der Waals surface area (Å²) in [5.41, 5.74) is 4.43. The Hall–Kier alpha value is -0.520. The van der Waals surface area contributed by atoms with Crippen molar-refractivity contribution >= 4 is 24.0 Å². The molecular formula is C14H17Cl2F4N. The normalized spacial score (nSPS) is 18.2. The maximum absolute atomic E-state index is 14.1. The summed E-state index contributed by atoms with van der Waals surface area (Å²) in [6.07, 6.45) is -0.293. The highest BCUT2D eigenvalue weighted by atomic mass is 35.5. The number of alkyl halides is 3. The third kappa shape index (κ3) is 4.02. The molecule has 7 heteroatoms. The lowest BCUT2D eigenvalue weighted by Gasteiger charge is -2.29. The maximum atomic E-state index is 14.1. The van der Waals surface area contributed by atoms with Crippen LogP contribution in [0.2, 0.25) is 5.02 Å². The van der Waals surface area contributed by atoms with Crippen molar-refractivity contribution in [3.8, 4) is 0 Å². The standard InChI is InChI=1S/C14H16ClF4N.ClH/c15-10-7-6-9(14(17,18)19)11(12(10)16)13(20)8-4-2-1-3-5-8;/h6-8,13H,1-5,20H2;1H/t13-;/m1./s1. The minimum Gasteiger partial charge on any atom is -0.324 e. The SMILES string of the molecule is Cl.N[C@@H](c1c(C(F)(F)F)ccc(Cl)c1F)C1CCCCC1. The van der Waals surface area contributed by atoms with E-state index < -0.39 is 29.2 Å². The predicted molar refractivity (Wildman–Crippen MR) is 77.2 cm³/mol. The molecule has 0 bridgehead atoms. The zero-order valence-corrected chi connectivity index (χ0v) is 12.8. The van der Waals surface area contributed by atoms with E-state index in [0.717, 1.165) is 44.2 Å². The van der Waals surface area contributed by atoms with Gasteiger partial charge < -0.3 is 5.73 Å². The number of halogens is 6. The molecule has 1 atom stereocenters. The van der Waals surface area contributed by atoms with Crippen molar-refractivity contribution in [3.05, 3.63) is 34.1 Å². The molecule has 1 saturated carbocycles. The van der Waals surface area contributed by atoms with Crippen LogP contribution in [0.4, 0.5) is 17.6 Å². The second kappa shape index (κ2) is 7.16. The van der Waals surface area contributed by atoms with Crippen LogP contribution in [-0.2, 0) is 6.18 Å². The average molecular weight is 346 g/mol. The van der Waals surface area contributed by atoms with E-state index in [4.69, 9.17) is 17.3 Å². The molecule has 1 aromatic carbocycles. The number of hydrogen-bond donors (Lipinski definition) is 1. The van der Waals surface area contributed by atoms with Gasteiger partial charge in [0.2, 0.25) is 0 Å². The summed E-state index contributed by atoms with van der Waals surface area (Å²) >= 11 is 5.62. The van der Waals surface area contributed by atoms with Crippen molar-refractivity contribution < 1.29 is 17.6 Å². The Bertz CT molecular complexity index is 485. The molecule has 2 rings (SSSR count). The van der Waals surface area contributed by atoms with Crippen molar-refractivity contribution in [1.82, 2.24) is 0 Å². The van der Waals surface area contributed by atoms with Crippen LogP contribution in [0.15, 0.2) is 12.1 Å². The van der Waals surface area contributed by atoms with Crippen molar-refractivity contribution in [3.63, 3.8) is 0 Å². The van der Waals surface area contributed by atoms with E-state index in [1.54, 1.807) is 0 Å². The average Bonchev–Trinajstić information content (AvgIpc) is 2.40. The molecule has 120 valence electrons. The molecule has 0 saturated heterocycles. The van der Waals surface area contributed by atoms with Gasteiger partial charge >= 0.3 is 6.18 Å². The fourth-order valence-electron chi connectivity index (χ4n) is 2.87. The molecule has 0 heterocycles. The van der Waals surface area contributed by atoms with Gasteiger partial charge in [-0.3, -0.25) is 0 Å². The number of nitrogens with two attached hydrogens (primary N) is 1. The smallest absolute Gasteiger partial charge is 0.324 e. The van der Waals surface area contributed by atoms with Crippen molar-refractivity contribution in [2.75, 3.05) is 0 Å². The first-order valence-electron chi connectivity index (χ1n) is 6.63. The Balaban J connectivity index is 0.00000220. The van der Waals surface area contributed by atoms with Gasteiger partial charge in [0.05, 0.1) is 10.6 Å². The molecule has 0 radical (unpaired) electrons. The Kier molecular flexibility index (Phi) is 6.32. The summed E-state index contributed by atoms with van der Waals surface area (Å²) in [6, 6.07) is 0.769. The van der Waals surface area contributed by atoms with E-state index in [1.807, 2.05) is 0 Å². The van der Waals surface area contributed by atoms with E-state index in [-0.39, 0.29) is 23.3 Å². The highest BCUT2D eigenvalue weighted by Crippen LogP contribution is 2.42. The summed E-state index contributed by atoms with van der Waals surface area (Å²) in [7, 11) is 0. The second-order valence-corrected chi connectivity index (χ2v) is 5.65. The van der Waals surface area contributed by atoms with Gasteiger partial charge in [-0.05, 0) is 30.9 Å². The second-order valence-electron chi connectivity index (χ2n) is 5.24.